The Balaban J connectivity index is 5.25. The quantitative estimate of drug-likeness (QED) is 0.0222. The molecule has 0 rings (SSSR count). The van der Waals surface area contributed by atoms with Gasteiger partial charge in [0.2, 0.25) is 0 Å². The van der Waals surface area contributed by atoms with Crippen LogP contribution in [0.25, 0.3) is 0 Å². The number of phosphoric acid groups is 2. The molecule has 7 atom stereocenters. The lowest BCUT2D eigenvalue weighted by molar-refractivity contribution is -0.161. The predicted molar refractivity (Wildman–Crippen MR) is 469 cm³/mol. The Morgan fingerprint density at radius 3 is 0.628 bits per heavy atom. The van der Waals surface area contributed by atoms with E-state index >= 15 is 0 Å². The highest BCUT2D eigenvalue weighted by Crippen LogP contribution is 2.45. The molecule has 0 saturated carbocycles. The highest BCUT2D eigenvalue weighted by molar-refractivity contribution is 7.47. The third-order valence-corrected chi connectivity index (χ3v) is 24.7. The molecule has 0 aromatic carbocycles. The Morgan fingerprint density at radius 2 is 0.425 bits per heavy atom. The zero-order valence-corrected chi connectivity index (χ0v) is 76.8. The van der Waals surface area contributed by atoms with Gasteiger partial charge in [-0.25, -0.2) is 9.13 Å². The van der Waals surface area contributed by atoms with Crippen LogP contribution < -0.4 is 0 Å². The summed E-state index contributed by atoms with van der Waals surface area (Å²) in [6.07, 6.45) is 75.0. The summed E-state index contributed by atoms with van der Waals surface area (Å²) < 4.78 is 69.2. The molecule has 0 amide bonds. The molecule has 4 unspecified atom stereocenters. The van der Waals surface area contributed by atoms with E-state index in [9.17, 15) is 43.2 Å². The van der Waals surface area contributed by atoms with E-state index in [1.165, 1.54) is 302 Å². The van der Waals surface area contributed by atoms with Crippen LogP contribution in [0.5, 0.6) is 0 Å². The topological polar surface area (TPSA) is 237 Å². The van der Waals surface area contributed by atoms with Crippen LogP contribution in [0.2, 0.25) is 0 Å². The Morgan fingerprint density at radius 1 is 0.248 bits per heavy atom. The number of carbonyl (C=O) groups is 4. The molecule has 3 N–H and O–H groups in total. The number of hydrogen-bond donors (Lipinski definition) is 3. The number of unbranched alkanes of at least 4 members (excludes halogenated alkanes) is 55. The first-order valence-electron chi connectivity index (χ1n) is 48.3. The van der Waals surface area contributed by atoms with Crippen LogP contribution in [0.15, 0.2) is 0 Å². The van der Waals surface area contributed by atoms with Gasteiger partial charge in [-0.1, -0.05) is 447 Å². The Hall–Kier alpha value is -1.94. The maximum atomic E-state index is 13.2. The maximum absolute atomic E-state index is 13.2. The number of rotatable bonds is 91. The summed E-state index contributed by atoms with van der Waals surface area (Å²) in [4.78, 5) is 73.5. The third-order valence-electron chi connectivity index (χ3n) is 22.8. The van der Waals surface area contributed by atoms with Gasteiger partial charge in [-0.05, 0) is 49.4 Å². The average Bonchev–Trinajstić information content (AvgIpc) is 0.900. The van der Waals surface area contributed by atoms with Crippen molar-refractivity contribution in [2.24, 2.45) is 23.7 Å². The summed E-state index contributed by atoms with van der Waals surface area (Å²) in [7, 11) is -9.94. The van der Waals surface area contributed by atoms with Gasteiger partial charge in [0.25, 0.3) is 0 Å². The van der Waals surface area contributed by atoms with Crippen molar-refractivity contribution in [1.29, 1.82) is 0 Å². The number of carbonyl (C=O) groups excluding carboxylic acids is 4. The number of aliphatic hydroxyl groups excluding tert-OH is 1. The van der Waals surface area contributed by atoms with Crippen molar-refractivity contribution in [3.63, 3.8) is 0 Å². The SMILES string of the molecule is CCC(C)CCCCCCCCCCCCCCCCCCCCC(=O)OC[C@H](COP(=O)(O)OC[C@@H](O)COP(=O)(O)OC[C@@H](COC(=O)CCCCCCCCCCCC(C)C)OC(=O)CCCCCCCCCCCCCCCCC(C)C)OC(=O)CCCCCCCCCCCCCCCCCCCCC(C)CC. The molecule has 0 bridgehead atoms. The molecule has 0 aromatic heterocycles. The van der Waals surface area contributed by atoms with Crippen LogP contribution in [0.4, 0.5) is 0 Å². The van der Waals surface area contributed by atoms with E-state index in [0.29, 0.717) is 25.7 Å². The Labute approximate surface area is 696 Å². The van der Waals surface area contributed by atoms with Crippen molar-refractivity contribution >= 4 is 39.5 Å². The molecule has 0 fully saturated rings. The highest BCUT2D eigenvalue weighted by atomic mass is 31.2. The van der Waals surface area contributed by atoms with Gasteiger partial charge in [0, 0.05) is 25.7 Å². The lowest BCUT2D eigenvalue weighted by Gasteiger charge is -2.21. The highest BCUT2D eigenvalue weighted by Gasteiger charge is 2.31. The van der Waals surface area contributed by atoms with Crippen LogP contribution >= 0.6 is 15.6 Å². The van der Waals surface area contributed by atoms with Gasteiger partial charge in [0.15, 0.2) is 12.2 Å². The molecular formula is C94H184O17P2. The van der Waals surface area contributed by atoms with E-state index in [4.69, 9.17) is 37.0 Å². The van der Waals surface area contributed by atoms with Crippen molar-refractivity contribution < 1.29 is 80.2 Å². The van der Waals surface area contributed by atoms with Crippen LogP contribution in [-0.4, -0.2) is 96.7 Å². The molecule has 0 saturated heterocycles. The van der Waals surface area contributed by atoms with Crippen molar-refractivity contribution in [1.82, 2.24) is 0 Å². The molecule has 0 aliphatic heterocycles. The maximum Gasteiger partial charge on any atom is 0.472 e. The molecule has 0 spiro atoms. The van der Waals surface area contributed by atoms with Gasteiger partial charge in [0.1, 0.15) is 19.3 Å². The molecule has 17 nitrogen and oxygen atoms in total. The number of esters is 4. The van der Waals surface area contributed by atoms with Crippen LogP contribution in [0.3, 0.4) is 0 Å². The molecule has 0 aromatic rings. The van der Waals surface area contributed by atoms with Crippen molar-refractivity contribution in [2.45, 2.75) is 517 Å². The minimum absolute atomic E-state index is 0.107. The number of ether oxygens (including phenoxy) is 4. The second kappa shape index (κ2) is 82.4. The zero-order valence-electron chi connectivity index (χ0n) is 75.0. The average molecular weight is 1650 g/mol. The Kier molecular flexibility index (Phi) is 81.0. The van der Waals surface area contributed by atoms with E-state index in [1.54, 1.807) is 0 Å². The van der Waals surface area contributed by atoms with Gasteiger partial charge < -0.3 is 33.8 Å². The van der Waals surface area contributed by atoms with Crippen LogP contribution in [-0.2, 0) is 65.4 Å². The van der Waals surface area contributed by atoms with Gasteiger partial charge in [-0.2, -0.15) is 0 Å². The van der Waals surface area contributed by atoms with E-state index in [1.807, 2.05) is 0 Å². The van der Waals surface area contributed by atoms with Crippen LogP contribution in [0, 0.1) is 23.7 Å². The first-order chi connectivity index (χ1) is 54.7. The number of phosphoric ester groups is 2. The second-order valence-corrected chi connectivity index (χ2v) is 38.1. The second-order valence-electron chi connectivity index (χ2n) is 35.2. The van der Waals surface area contributed by atoms with Gasteiger partial charge in [0.05, 0.1) is 26.4 Å². The van der Waals surface area contributed by atoms with Gasteiger partial charge in [-0.3, -0.25) is 37.3 Å². The zero-order chi connectivity index (χ0) is 83.0. The van der Waals surface area contributed by atoms with Crippen molar-refractivity contribution in [2.75, 3.05) is 39.6 Å². The fourth-order valence-electron chi connectivity index (χ4n) is 14.7. The summed E-state index contributed by atoms with van der Waals surface area (Å²) in [5.41, 5.74) is 0. The van der Waals surface area contributed by atoms with E-state index in [0.717, 1.165) is 114 Å². The largest absolute Gasteiger partial charge is 0.472 e. The summed E-state index contributed by atoms with van der Waals surface area (Å²) in [6, 6.07) is 0. The van der Waals surface area contributed by atoms with E-state index in [-0.39, 0.29) is 25.7 Å². The molecule has 672 valence electrons. The molecule has 0 heterocycles. The van der Waals surface area contributed by atoms with E-state index < -0.39 is 97.5 Å². The fourth-order valence-corrected chi connectivity index (χ4v) is 16.2. The fraction of sp³-hybridized carbons (Fsp3) is 0.957. The summed E-state index contributed by atoms with van der Waals surface area (Å²) >= 11 is 0. The van der Waals surface area contributed by atoms with Crippen molar-refractivity contribution in [3.05, 3.63) is 0 Å². The standard InChI is InChI=1S/C94H184O17P2/c1-9-86(7)72-64-56-48-40-32-26-19-15-11-13-17-21-28-34-42-50-58-66-74-91(96)104-80-89(110-93(98)76-68-60-52-43-35-29-22-18-14-12-16-20-27-33-41-49-57-65-73-87(8)10-2)82-108-112(100,101)106-78-88(95)79-107-113(102,103)109-83-90(81-105-92(97)75-67-59-51-45-37-39-47-55-63-71-85(5)6)111-94(99)77-69-61-53-44-36-30-24-23-25-31-38-46-54-62-70-84(3)4/h84-90,95H,9-83H2,1-8H3,(H,100,101)(H,102,103)/t86?,87?,88-,89-,90-/m1/s1. The Bertz CT molecular complexity index is 2190. The summed E-state index contributed by atoms with van der Waals surface area (Å²) in [6.45, 7) is 14.5. The van der Waals surface area contributed by atoms with E-state index in [2.05, 4.69) is 55.4 Å². The number of aliphatic hydroxyl groups is 1. The normalized spacial score (nSPS) is 14.3. The first-order valence-corrected chi connectivity index (χ1v) is 51.3. The van der Waals surface area contributed by atoms with Crippen LogP contribution in [0.1, 0.15) is 498 Å². The lowest BCUT2D eigenvalue weighted by Crippen LogP contribution is -2.30. The molecular weight excluding hydrogens is 1460 g/mol. The van der Waals surface area contributed by atoms with Gasteiger partial charge >= 0.3 is 39.5 Å². The third kappa shape index (κ3) is 84.9. The smallest absolute Gasteiger partial charge is 0.462 e. The first kappa shape index (κ1) is 111. The molecule has 0 aliphatic carbocycles. The molecule has 19 heteroatoms. The monoisotopic (exact) mass is 1650 g/mol. The van der Waals surface area contributed by atoms with Gasteiger partial charge in [-0.15, -0.1) is 0 Å². The minimum Gasteiger partial charge on any atom is -0.462 e. The predicted octanol–water partition coefficient (Wildman–Crippen LogP) is 29.1. The molecule has 0 radical (unpaired) electrons. The summed E-state index contributed by atoms with van der Waals surface area (Å²) in [5.74, 6) is 1.19. The molecule has 0 aliphatic rings. The minimum atomic E-state index is -4.97. The number of hydrogen-bond acceptors (Lipinski definition) is 15. The lowest BCUT2D eigenvalue weighted by atomic mass is 9.99. The summed E-state index contributed by atoms with van der Waals surface area (Å²) in [5, 5.41) is 10.7. The molecule has 113 heavy (non-hydrogen) atoms. The van der Waals surface area contributed by atoms with Crippen molar-refractivity contribution in [3.8, 4) is 0 Å².